The number of furan rings is 1. The van der Waals surface area contributed by atoms with Crippen molar-refractivity contribution in [1.82, 2.24) is 0 Å². The van der Waals surface area contributed by atoms with E-state index in [2.05, 4.69) is 52.7 Å². The fraction of sp³-hybridized carbons (Fsp3) is 0.133. The molecule has 0 spiro atoms. The van der Waals surface area contributed by atoms with Crippen LogP contribution in [-0.4, -0.2) is 4.92 Å². The van der Waals surface area contributed by atoms with E-state index in [0.717, 1.165) is 33.6 Å². The van der Waals surface area contributed by atoms with Crippen LogP contribution in [0.1, 0.15) is 22.3 Å². The van der Waals surface area contributed by atoms with E-state index in [9.17, 15) is 10.1 Å². The second-order valence-electron chi connectivity index (χ2n) is 8.99. The van der Waals surface area contributed by atoms with Gasteiger partial charge in [0.25, 0.3) is 5.69 Å². The van der Waals surface area contributed by atoms with Gasteiger partial charge < -0.3 is 14.6 Å². The molecule has 0 aliphatic heterocycles. The number of aryl methyl sites for hydroxylation is 2. The van der Waals surface area contributed by atoms with Gasteiger partial charge in [0.1, 0.15) is 11.3 Å². The first kappa shape index (κ1) is 23.2. The Bertz CT molecular complexity index is 1470. The van der Waals surface area contributed by atoms with Crippen LogP contribution >= 0.6 is 0 Å². The smallest absolute Gasteiger partial charge is 0.270 e. The number of nitrogens with zero attached hydrogens (tertiary/aromatic N) is 2. The number of fused-ring (bicyclic) bond motifs is 1. The van der Waals surface area contributed by atoms with E-state index in [0.29, 0.717) is 29.9 Å². The zero-order chi connectivity index (χ0) is 25.1. The fourth-order valence-corrected chi connectivity index (χ4v) is 4.40. The van der Waals surface area contributed by atoms with Gasteiger partial charge in [-0.2, -0.15) is 0 Å². The van der Waals surface area contributed by atoms with Crippen molar-refractivity contribution in [2.24, 2.45) is 0 Å². The van der Waals surface area contributed by atoms with Crippen LogP contribution in [0, 0.1) is 24.0 Å². The van der Waals surface area contributed by atoms with Gasteiger partial charge in [-0.15, -0.1) is 0 Å². The summed E-state index contributed by atoms with van der Waals surface area (Å²) >= 11 is 0. The molecule has 0 atom stereocenters. The Morgan fingerprint density at radius 2 is 1.47 bits per heavy atom. The summed E-state index contributed by atoms with van der Waals surface area (Å²) in [5, 5.41) is 15.8. The molecule has 0 saturated carbocycles. The highest BCUT2D eigenvalue weighted by Crippen LogP contribution is 2.42. The maximum Gasteiger partial charge on any atom is 0.270 e. The van der Waals surface area contributed by atoms with Gasteiger partial charge in [-0.05, 0) is 48.2 Å². The van der Waals surface area contributed by atoms with Crippen LogP contribution in [0.4, 0.5) is 22.9 Å². The standard InChI is InChI=1S/C30H27N3O3/c1-21-13-14-22(2)27(17-21)31-30-29(26-18-25(33(34)35)15-16-28(26)36-30)32(19-23-9-5-3-6-10-23)20-24-11-7-4-8-12-24/h3-18,31H,19-20H2,1-2H3. The van der Waals surface area contributed by atoms with Gasteiger partial charge in [-0.1, -0.05) is 72.8 Å². The van der Waals surface area contributed by atoms with Gasteiger partial charge in [-0.3, -0.25) is 10.1 Å². The molecular formula is C30H27N3O3. The maximum atomic E-state index is 11.6. The lowest BCUT2D eigenvalue weighted by Gasteiger charge is -2.26. The lowest BCUT2D eigenvalue weighted by atomic mass is 10.1. The normalized spacial score (nSPS) is 10.9. The topological polar surface area (TPSA) is 71.5 Å². The van der Waals surface area contributed by atoms with Gasteiger partial charge in [0.15, 0.2) is 0 Å². The molecule has 1 aromatic heterocycles. The minimum atomic E-state index is -0.368. The summed E-state index contributed by atoms with van der Waals surface area (Å²) in [5.41, 5.74) is 6.82. The molecule has 5 aromatic rings. The third-order valence-electron chi connectivity index (χ3n) is 6.25. The molecule has 0 amide bonds. The molecule has 1 heterocycles. The Morgan fingerprint density at radius 1 is 0.833 bits per heavy atom. The van der Waals surface area contributed by atoms with Gasteiger partial charge in [-0.25, -0.2) is 0 Å². The lowest BCUT2D eigenvalue weighted by Crippen LogP contribution is -2.22. The van der Waals surface area contributed by atoms with Crippen molar-refractivity contribution < 1.29 is 9.34 Å². The molecule has 0 radical (unpaired) electrons. The van der Waals surface area contributed by atoms with E-state index < -0.39 is 0 Å². The fourth-order valence-electron chi connectivity index (χ4n) is 4.40. The average Bonchev–Trinajstić information content (AvgIpc) is 3.24. The van der Waals surface area contributed by atoms with Crippen molar-refractivity contribution in [3.05, 3.63) is 129 Å². The van der Waals surface area contributed by atoms with E-state index in [1.54, 1.807) is 12.1 Å². The number of hydrogen-bond acceptors (Lipinski definition) is 5. The van der Waals surface area contributed by atoms with Gasteiger partial charge in [0.2, 0.25) is 5.88 Å². The number of nitro benzene ring substituents is 1. The predicted octanol–water partition coefficient (Wildman–Crippen LogP) is 7.91. The van der Waals surface area contributed by atoms with Crippen molar-refractivity contribution >= 4 is 33.9 Å². The highest BCUT2D eigenvalue weighted by atomic mass is 16.6. The molecule has 0 unspecified atom stereocenters. The Labute approximate surface area is 210 Å². The summed E-state index contributed by atoms with van der Waals surface area (Å²) in [7, 11) is 0. The van der Waals surface area contributed by atoms with E-state index >= 15 is 0 Å². The molecule has 0 saturated heterocycles. The summed E-state index contributed by atoms with van der Waals surface area (Å²) in [4.78, 5) is 13.5. The first-order valence-electron chi connectivity index (χ1n) is 11.9. The van der Waals surface area contributed by atoms with E-state index in [1.165, 1.54) is 6.07 Å². The Morgan fingerprint density at radius 3 is 2.08 bits per heavy atom. The number of benzene rings is 4. The van der Waals surface area contributed by atoms with Crippen LogP contribution in [0.25, 0.3) is 11.0 Å². The van der Waals surface area contributed by atoms with Crippen LogP contribution in [0.5, 0.6) is 0 Å². The van der Waals surface area contributed by atoms with Crippen LogP contribution in [0.15, 0.2) is 101 Å². The van der Waals surface area contributed by atoms with Crippen molar-refractivity contribution in [1.29, 1.82) is 0 Å². The maximum absolute atomic E-state index is 11.6. The SMILES string of the molecule is Cc1ccc(C)c(Nc2oc3ccc([N+](=O)[O-])cc3c2N(Cc2ccccc2)Cc2ccccc2)c1. The third-order valence-corrected chi connectivity index (χ3v) is 6.25. The summed E-state index contributed by atoms with van der Waals surface area (Å²) in [6.45, 7) is 5.30. The van der Waals surface area contributed by atoms with Crippen molar-refractivity contribution in [3.8, 4) is 0 Å². The summed E-state index contributed by atoms with van der Waals surface area (Å²) in [6.07, 6.45) is 0. The number of non-ortho nitro benzene ring substituents is 1. The zero-order valence-corrected chi connectivity index (χ0v) is 20.3. The summed E-state index contributed by atoms with van der Waals surface area (Å²) < 4.78 is 6.31. The number of nitrogens with one attached hydrogen (secondary N) is 1. The van der Waals surface area contributed by atoms with Gasteiger partial charge in [0, 0.05) is 30.9 Å². The van der Waals surface area contributed by atoms with E-state index in [1.807, 2.05) is 50.2 Å². The van der Waals surface area contributed by atoms with Crippen molar-refractivity contribution in [2.75, 3.05) is 10.2 Å². The van der Waals surface area contributed by atoms with Crippen molar-refractivity contribution in [2.45, 2.75) is 26.9 Å². The van der Waals surface area contributed by atoms with Crippen LogP contribution < -0.4 is 10.2 Å². The van der Waals surface area contributed by atoms with Gasteiger partial charge in [0.05, 0.1) is 10.3 Å². The minimum Gasteiger partial charge on any atom is -0.438 e. The molecule has 4 aromatic carbocycles. The number of hydrogen-bond donors (Lipinski definition) is 1. The Hall–Kier alpha value is -4.58. The first-order valence-corrected chi connectivity index (χ1v) is 11.9. The summed E-state index contributed by atoms with van der Waals surface area (Å²) in [6, 6.07) is 31.4. The molecule has 1 N–H and O–H groups in total. The molecule has 5 rings (SSSR count). The first-order chi connectivity index (χ1) is 17.5. The van der Waals surface area contributed by atoms with E-state index in [4.69, 9.17) is 4.42 Å². The highest BCUT2D eigenvalue weighted by molar-refractivity contribution is 6.00. The van der Waals surface area contributed by atoms with Crippen LogP contribution in [0.2, 0.25) is 0 Å². The Kier molecular flexibility index (Phi) is 6.41. The molecule has 6 heteroatoms. The quantitative estimate of drug-likeness (QED) is 0.182. The van der Waals surface area contributed by atoms with Gasteiger partial charge >= 0.3 is 0 Å². The second kappa shape index (κ2) is 9.96. The molecule has 180 valence electrons. The number of rotatable bonds is 8. The predicted molar refractivity (Wildman–Crippen MR) is 145 cm³/mol. The third kappa shape index (κ3) is 4.93. The molecule has 36 heavy (non-hydrogen) atoms. The Balaban J connectivity index is 1.69. The zero-order valence-electron chi connectivity index (χ0n) is 20.3. The van der Waals surface area contributed by atoms with Crippen molar-refractivity contribution in [3.63, 3.8) is 0 Å². The average molecular weight is 478 g/mol. The molecular weight excluding hydrogens is 450 g/mol. The van der Waals surface area contributed by atoms with E-state index in [-0.39, 0.29) is 10.6 Å². The number of anilines is 3. The van der Waals surface area contributed by atoms with Crippen LogP contribution in [0.3, 0.4) is 0 Å². The number of nitro groups is 1. The highest BCUT2D eigenvalue weighted by Gasteiger charge is 2.24. The second-order valence-corrected chi connectivity index (χ2v) is 8.99. The van der Waals surface area contributed by atoms with Crippen LogP contribution in [-0.2, 0) is 13.1 Å². The molecule has 0 fully saturated rings. The summed E-state index contributed by atoms with van der Waals surface area (Å²) in [5.74, 6) is 0.561. The molecule has 0 aliphatic carbocycles. The lowest BCUT2D eigenvalue weighted by molar-refractivity contribution is -0.384. The minimum absolute atomic E-state index is 0.0298. The molecule has 0 aliphatic rings. The monoisotopic (exact) mass is 477 g/mol. The molecule has 6 nitrogen and oxygen atoms in total. The molecule has 0 bridgehead atoms. The largest absolute Gasteiger partial charge is 0.438 e.